The zero-order chi connectivity index (χ0) is 19.7. The number of nitrogens with zero attached hydrogens (tertiary/aromatic N) is 2. The van der Waals surface area contributed by atoms with Crippen molar-refractivity contribution in [2.24, 2.45) is 0 Å². The van der Waals surface area contributed by atoms with E-state index in [1.54, 1.807) is 36.4 Å². The maximum Gasteiger partial charge on any atom is 0.433 e. The summed E-state index contributed by atoms with van der Waals surface area (Å²) in [5.74, 6) is 0. The molecule has 0 saturated heterocycles. The van der Waals surface area contributed by atoms with Crippen LogP contribution in [0, 0.1) is 0 Å². The molecule has 0 bridgehead atoms. The first-order valence-electron chi connectivity index (χ1n) is 8.50. The molecule has 0 saturated carbocycles. The van der Waals surface area contributed by atoms with Crippen LogP contribution in [0.3, 0.4) is 0 Å². The number of alkyl halides is 3. The Balaban J connectivity index is 1.79. The van der Waals surface area contributed by atoms with E-state index in [-0.39, 0.29) is 5.69 Å². The number of rotatable bonds is 3. The van der Waals surface area contributed by atoms with Crippen molar-refractivity contribution in [3.05, 3.63) is 95.9 Å². The Labute approximate surface area is 164 Å². The summed E-state index contributed by atoms with van der Waals surface area (Å²) >= 11 is 5.85. The SMILES string of the molecule is FC(F)(F)c1c(-c2ccc(-c3ccccc3)cc2)ncn1-c1ccc(Cl)cc1. The lowest BCUT2D eigenvalue weighted by molar-refractivity contribution is -0.141. The van der Waals surface area contributed by atoms with Gasteiger partial charge in [-0.3, -0.25) is 4.57 Å². The minimum atomic E-state index is -4.57. The van der Waals surface area contributed by atoms with Crippen molar-refractivity contribution in [2.45, 2.75) is 6.18 Å². The molecule has 0 aliphatic rings. The highest BCUT2D eigenvalue weighted by atomic mass is 35.5. The fourth-order valence-corrected chi connectivity index (χ4v) is 3.21. The summed E-state index contributed by atoms with van der Waals surface area (Å²) in [4.78, 5) is 4.06. The van der Waals surface area contributed by atoms with Gasteiger partial charge in [0.2, 0.25) is 0 Å². The molecule has 0 unspecified atom stereocenters. The van der Waals surface area contributed by atoms with Gasteiger partial charge in [0.25, 0.3) is 0 Å². The minimum Gasteiger partial charge on any atom is -0.295 e. The monoisotopic (exact) mass is 398 g/mol. The summed E-state index contributed by atoms with van der Waals surface area (Å²) in [6.07, 6.45) is -3.38. The number of imidazole rings is 1. The van der Waals surface area contributed by atoms with Gasteiger partial charge in [-0.05, 0) is 35.4 Å². The van der Waals surface area contributed by atoms with Gasteiger partial charge in [0.05, 0.1) is 0 Å². The summed E-state index contributed by atoms with van der Waals surface area (Å²) in [7, 11) is 0. The second-order valence-corrected chi connectivity index (χ2v) is 6.67. The summed E-state index contributed by atoms with van der Waals surface area (Å²) in [6.45, 7) is 0. The van der Waals surface area contributed by atoms with E-state index in [9.17, 15) is 13.2 Å². The van der Waals surface area contributed by atoms with E-state index in [0.717, 1.165) is 15.7 Å². The van der Waals surface area contributed by atoms with E-state index in [0.29, 0.717) is 16.3 Å². The van der Waals surface area contributed by atoms with Crippen molar-refractivity contribution in [1.82, 2.24) is 9.55 Å². The summed E-state index contributed by atoms with van der Waals surface area (Å²) in [5.41, 5.74) is 1.74. The van der Waals surface area contributed by atoms with Crippen LogP contribution in [0.1, 0.15) is 5.69 Å². The van der Waals surface area contributed by atoms with Gasteiger partial charge in [0.1, 0.15) is 12.0 Å². The van der Waals surface area contributed by atoms with Crippen molar-refractivity contribution < 1.29 is 13.2 Å². The second-order valence-electron chi connectivity index (χ2n) is 6.23. The molecule has 0 N–H and O–H groups in total. The number of hydrogen-bond donors (Lipinski definition) is 0. The predicted molar refractivity (Wildman–Crippen MR) is 104 cm³/mol. The fourth-order valence-electron chi connectivity index (χ4n) is 3.08. The Kier molecular flexibility index (Phi) is 4.69. The highest BCUT2D eigenvalue weighted by molar-refractivity contribution is 6.30. The quantitative estimate of drug-likeness (QED) is 0.368. The van der Waals surface area contributed by atoms with Crippen LogP contribution in [0.15, 0.2) is 85.2 Å². The van der Waals surface area contributed by atoms with Gasteiger partial charge in [-0.2, -0.15) is 13.2 Å². The molecule has 0 aliphatic carbocycles. The Bertz CT molecular complexity index is 1080. The number of benzene rings is 3. The molecule has 2 nitrogen and oxygen atoms in total. The summed E-state index contributed by atoms with van der Waals surface area (Å²) < 4.78 is 42.6. The van der Waals surface area contributed by atoms with Gasteiger partial charge in [0, 0.05) is 16.3 Å². The van der Waals surface area contributed by atoms with Gasteiger partial charge in [-0.25, -0.2) is 4.98 Å². The molecule has 3 aromatic carbocycles. The highest BCUT2D eigenvalue weighted by Gasteiger charge is 2.39. The Morgan fingerprint density at radius 2 is 1.29 bits per heavy atom. The predicted octanol–water partition coefficient (Wildman–Crippen LogP) is 6.88. The van der Waals surface area contributed by atoms with Gasteiger partial charge in [-0.15, -0.1) is 0 Å². The third-order valence-corrected chi connectivity index (χ3v) is 4.66. The van der Waals surface area contributed by atoms with Gasteiger partial charge < -0.3 is 0 Å². The van der Waals surface area contributed by atoms with Crippen LogP contribution in [0.5, 0.6) is 0 Å². The number of halogens is 4. The molecule has 0 amide bonds. The standard InChI is InChI=1S/C22H14ClF3N2/c23-18-10-12-19(13-11-18)28-14-27-20(21(28)22(24,25)26)17-8-6-16(7-9-17)15-4-2-1-3-5-15/h1-14H. The van der Waals surface area contributed by atoms with E-state index in [1.165, 1.54) is 18.5 Å². The van der Waals surface area contributed by atoms with Crippen LogP contribution in [0.4, 0.5) is 13.2 Å². The van der Waals surface area contributed by atoms with Gasteiger partial charge in [0.15, 0.2) is 5.69 Å². The average Bonchev–Trinajstić information content (AvgIpc) is 3.15. The Hall–Kier alpha value is -3.05. The molecule has 0 radical (unpaired) electrons. The van der Waals surface area contributed by atoms with Gasteiger partial charge in [-0.1, -0.05) is 66.2 Å². The zero-order valence-electron chi connectivity index (χ0n) is 14.5. The van der Waals surface area contributed by atoms with Crippen LogP contribution in [-0.2, 0) is 6.18 Å². The van der Waals surface area contributed by atoms with Gasteiger partial charge >= 0.3 is 6.18 Å². The van der Waals surface area contributed by atoms with Crippen molar-refractivity contribution in [3.63, 3.8) is 0 Å². The average molecular weight is 399 g/mol. The third kappa shape index (κ3) is 3.53. The molecule has 28 heavy (non-hydrogen) atoms. The molecule has 0 fully saturated rings. The zero-order valence-corrected chi connectivity index (χ0v) is 15.2. The molecular formula is C22H14ClF3N2. The lowest BCUT2D eigenvalue weighted by Gasteiger charge is -2.13. The minimum absolute atomic E-state index is 0.109. The molecule has 0 atom stereocenters. The molecule has 0 aliphatic heterocycles. The van der Waals surface area contributed by atoms with Crippen LogP contribution in [-0.4, -0.2) is 9.55 Å². The van der Waals surface area contributed by atoms with E-state index in [2.05, 4.69) is 4.98 Å². The van der Waals surface area contributed by atoms with E-state index >= 15 is 0 Å². The van der Waals surface area contributed by atoms with Crippen molar-refractivity contribution in [1.29, 1.82) is 0 Å². The first kappa shape index (κ1) is 18.3. The molecular weight excluding hydrogens is 385 g/mol. The van der Waals surface area contributed by atoms with Crippen LogP contribution in [0.25, 0.3) is 28.1 Å². The molecule has 4 aromatic rings. The molecule has 4 rings (SSSR count). The van der Waals surface area contributed by atoms with Crippen molar-refractivity contribution in [3.8, 4) is 28.1 Å². The summed E-state index contributed by atoms with van der Waals surface area (Å²) in [5, 5.41) is 0.453. The molecule has 140 valence electrons. The first-order chi connectivity index (χ1) is 13.4. The largest absolute Gasteiger partial charge is 0.433 e. The first-order valence-corrected chi connectivity index (χ1v) is 8.87. The molecule has 1 aromatic heterocycles. The molecule has 6 heteroatoms. The maximum absolute atomic E-state index is 13.9. The van der Waals surface area contributed by atoms with Crippen LogP contribution < -0.4 is 0 Å². The highest BCUT2D eigenvalue weighted by Crippen LogP contribution is 2.38. The topological polar surface area (TPSA) is 17.8 Å². The second kappa shape index (κ2) is 7.17. The van der Waals surface area contributed by atoms with Crippen molar-refractivity contribution >= 4 is 11.6 Å². The molecule has 1 heterocycles. The Morgan fingerprint density at radius 3 is 1.89 bits per heavy atom. The van der Waals surface area contributed by atoms with Crippen molar-refractivity contribution in [2.75, 3.05) is 0 Å². The maximum atomic E-state index is 13.9. The summed E-state index contributed by atoms with van der Waals surface area (Å²) in [6, 6.07) is 22.7. The van der Waals surface area contributed by atoms with E-state index < -0.39 is 11.9 Å². The van der Waals surface area contributed by atoms with E-state index in [4.69, 9.17) is 11.6 Å². The number of hydrogen-bond acceptors (Lipinski definition) is 1. The fraction of sp³-hybridized carbons (Fsp3) is 0.0455. The number of aromatic nitrogens is 2. The normalized spacial score (nSPS) is 11.6. The third-order valence-electron chi connectivity index (χ3n) is 4.41. The lowest BCUT2D eigenvalue weighted by Crippen LogP contribution is -2.13. The molecule has 0 spiro atoms. The lowest BCUT2D eigenvalue weighted by atomic mass is 10.0. The van der Waals surface area contributed by atoms with Crippen LogP contribution >= 0.6 is 11.6 Å². The van der Waals surface area contributed by atoms with Crippen LogP contribution in [0.2, 0.25) is 5.02 Å². The Morgan fingerprint density at radius 1 is 0.714 bits per heavy atom. The smallest absolute Gasteiger partial charge is 0.295 e. The van der Waals surface area contributed by atoms with E-state index in [1.807, 2.05) is 30.3 Å².